The van der Waals surface area contributed by atoms with E-state index in [9.17, 15) is 24.5 Å². The first-order chi connectivity index (χ1) is 11.6. The molecule has 3 heterocycles. The molecule has 3 rings (SSSR count). The van der Waals surface area contributed by atoms with Crippen molar-refractivity contribution in [2.45, 2.75) is 30.3 Å². The van der Waals surface area contributed by atoms with Gasteiger partial charge in [-0.2, -0.15) is 0 Å². The van der Waals surface area contributed by atoms with E-state index in [2.05, 4.69) is 32.0 Å². The molecule has 2 saturated heterocycles. The van der Waals surface area contributed by atoms with Crippen LogP contribution >= 0.6 is 7.82 Å². The second-order valence-electron chi connectivity index (χ2n) is 5.63. The minimum Gasteiger partial charge on any atom is -0.370 e. The van der Waals surface area contributed by atoms with Gasteiger partial charge in [-0.3, -0.25) is 24.5 Å². The third-order valence-electron chi connectivity index (χ3n) is 3.87. The van der Waals surface area contributed by atoms with Crippen LogP contribution in [0.25, 0.3) is 0 Å². The van der Waals surface area contributed by atoms with Gasteiger partial charge in [0, 0.05) is 0 Å². The molecule has 0 aromatic carbocycles. The fraction of sp³-hybridized carbons (Fsp3) is 0.636. The average Bonchev–Trinajstić information content (AvgIpc) is 2.50. The van der Waals surface area contributed by atoms with Gasteiger partial charge < -0.3 is 30.9 Å². The van der Waals surface area contributed by atoms with Crippen LogP contribution < -0.4 is 21.7 Å². The predicted molar refractivity (Wildman–Crippen MR) is 80.3 cm³/mol. The Bertz CT molecular complexity index is 669. The smallest absolute Gasteiger partial charge is 0.370 e. The molecule has 0 aliphatic carbocycles. The van der Waals surface area contributed by atoms with Gasteiger partial charge in [-0.05, 0) is 0 Å². The SMILES string of the molecule is C=C1N[C@@H]2[C@H](NC/N=C(/N)NC1=O)O[C@@H]1COP(=O)(O)O[C@@H]1C2(O)O. The number of ether oxygens (including phenoxy) is 1. The molecule has 3 aliphatic rings. The van der Waals surface area contributed by atoms with Crippen LogP contribution in [0.5, 0.6) is 0 Å². The number of hydrogen-bond donors (Lipinski definition) is 7. The number of carbonyl (C=O) groups excluding carboxylic acids is 1. The fourth-order valence-electron chi connectivity index (χ4n) is 2.68. The number of carbonyl (C=O) groups is 1. The van der Waals surface area contributed by atoms with E-state index in [0.29, 0.717) is 0 Å². The highest BCUT2D eigenvalue weighted by molar-refractivity contribution is 7.47. The minimum atomic E-state index is -4.46. The van der Waals surface area contributed by atoms with Gasteiger partial charge in [0.15, 0.2) is 12.1 Å². The molecule has 2 fully saturated rings. The summed E-state index contributed by atoms with van der Waals surface area (Å²) in [4.78, 5) is 25.2. The lowest BCUT2D eigenvalue weighted by Crippen LogP contribution is -2.75. The molecule has 3 aliphatic heterocycles. The first-order valence-corrected chi connectivity index (χ1v) is 8.66. The van der Waals surface area contributed by atoms with Crippen molar-refractivity contribution in [1.82, 2.24) is 16.0 Å². The lowest BCUT2D eigenvalue weighted by Gasteiger charge is -2.51. The second-order valence-corrected chi connectivity index (χ2v) is 7.03. The zero-order chi connectivity index (χ0) is 18.4. The number of phosphoric acid groups is 1. The van der Waals surface area contributed by atoms with Crippen molar-refractivity contribution in [2.75, 3.05) is 13.3 Å². The first-order valence-electron chi connectivity index (χ1n) is 7.16. The van der Waals surface area contributed by atoms with Crippen molar-refractivity contribution in [2.24, 2.45) is 10.7 Å². The van der Waals surface area contributed by atoms with Crippen LogP contribution in [0.1, 0.15) is 0 Å². The summed E-state index contributed by atoms with van der Waals surface area (Å²) >= 11 is 0. The first kappa shape index (κ1) is 18.2. The summed E-state index contributed by atoms with van der Waals surface area (Å²) in [5.41, 5.74) is 5.25. The molecular formula is C11H18N5O8P. The maximum absolute atomic E-state index is 11.9. The Balaban J connectivity index is 1.92. The number of hydrogen-bond acceptors (Lipinski definition) is 11. The number of nitrogens with zero attached hydrogens (tertiary/aromatic N) is 1. The fourth-order valence-corrected chi connectivity index (χ4v) is 3.65. The predicted octanol–water partition coefficient (Wildman–Crippen LogP) is -3.63. The number of guanidine groups is 1. The van der Waals surface area contributed by atoms with Gasteiger partial charge in [0.25, 0.3) is 5.91 Å². The summed E-state index contributed by atoms with van der Waals surface area (Å²) in [5.74, 6) is -3.63. The van der Waals surface area contributed by atoms with E-state index < -0.39 is 50.6 Å². The van der Waals surface area contributed by atoms with Gasteiger partial charge in [0.2, 0.25) is 5.79 Å². The maximum Gasteiger partial charge on any atom is 0.472 e. The molecule has 1 amide bonds. The Morgan fingerprint density at radius 1 is 1.44 bits per heavy atom. The largest absolute Gasteiger partial charge is 0.472 e. The van der Waals surface area contributed by atoms with Gasteiger partial charge in [-0.15, -0.1) is 0 Å². The highest BCUT2D eigenvalue weighted by Gasteiger charge is 2.60. The van der Waals surface area contributed by atoms with Crippen molar-refractivity contribution in [3.05, 3.63) is 12.3 Å². The maximum atomic E-state index is 11.9. The Morgan fingerprint density at radius 3 is 2.88 bits per heavy atom. The van der Waals surface area contributed by atoms with Gasteiger partial charge in [0.1, 0.15) is 18.4 Å². The van der Waals surface area contributed by atoms with Crippen molar-refractivity contribution in [3.8, 4) is 0 Å². The van der Waals surface area contributed by atoms with E-state index in [1.54, 1.807) is 0 Å². The van der Waals surface area contributed by atoms with Gasteiger partial charge >= 0.3 is 7.82 Å². The number of aliphatic hydroxyl groups is 2. The van der Waals surface area contributed by atoms with Gasteiger partial charge in [-0.25, -0.2) is 9.56 Å². The average molecular weight is 379 g/mol. The molecule has 14 heteroatoms. The Kier molecular flexibility index (Phi) is 4.59. The summed E-state index contributed by atoms with van der Waals surface area (Å²) in [5, 5.41) is 28.6. The normalized spacial score (nSPS) is 43.6. The number of aliphatic imine (C=N–C) groups is 1. The number of rotatable bonds is 0. The topological polar surface area (TPSA) is 197 Å². The third kappa shape index (κ3) is 3.54. The molecule has 0 aromatic heterocycles. The Hall–Kier alpha value is -1.57. The number of nitrogens with one attached hydrogen (secondary N) is 3. The number of phosphoric ester groups is 1. The zero-order valence-corrected chi connectivity index (χ0v) is 13.7. The zero-order valence-electron chi connectivity index (χ0n) is 12.8. The number of amides is 1. The molecule has 1 unspecified atom stereocenters. The van der Waals surface area contributed by atoms with Crippen molar-refractivity contribution >= 4 is 19.7 Å². The Labute approximate surface area is 141 Å². The number of nitrogens with two attached hydrogens (primary N) is 1. The monoisotopic (exact) mass is 379 g/mol. The Morgan fingerprint density at radius 2 is 2.16 bits per heavy atom. The number of fused-ring (bicyclic) bond motifs is 2. The summed E-state index contributed by atoms with van der Waals surface area (Å²) < 4.78 is 26.6. The standard InChI is InChI=1S/C11H18N5O8P/c1-4-8(17)16-10(12)14-3-13-9-6(15-4)11(18,19)7-5(23-9)2-22-25(20,21)24-7/h5-7,9,13,15,18-19H,1-3H2,(H,20,21)(H3,12,14,16,17)/t5-,6-,7+,9-/m1/s1. The van der Waals surface area contributed by atoms with Crippen LogP contribution in [0.3, 0.4) is 0 Å². The van der Waals surface area contributed by atoms with E-state index in [0.717, 1.165) is 0 Å². The van der Waals surface area contributed by atoms with E-state index >= 15 is 0 Å². The molecule has 8 N–H and O–H groups in total. The van der Waals surface area contributed by atoms with E-state index in [4.69, 9.17) is 15.0 Å². The summed E-state index contributed by atoms with van der Waals surface area (Å²) in [6, 6.07) is -1.39. The molecule has 0 radical (unpaired) electrons. The van der Waals surface area contributed by atoms with Crippen molar-refractivity contribution in [3.63, 3.8) is 0 Å². The molecule has 25 heavy (non-hydrogen) atoms. The minimum absolute atomic E-state index is 0.116. The van der Waals surface area contributed by atoms with Crippen molar-refractivity contribution in [1.29, 1.82) is 0 Å². The van der Waals surface area contributed by atoms with E-state index in [-0.39, 0.29) is 18.3 Å². The van der Waals surface area contributed by atoms with E-state index in [1.807, 2.05) is 0 Å². The summed E-state index contributed by atoms with van der Waals surface area (Å²) in [6.45, 7) is 2.96. The summed E-state index contributed by atoms with van der Waals surface area (Å²) in [6.07, 6.45) is -3.76. The lowest BCUT2D eigenvalue weighted by atomic mass is 9.91. The second kappa shape index (κ2) is 6.30. The van der Waals surface area contributed by atoms with Gasteiger partial charge in [0.05, 0.1) is 19.0 Å². The van der Waals surface area contributed by atoms with Gasteiger partial charge in [-0.1, -0.05) is 6.58 Å². The van der Waals surface area contributed by atoms with Crippen LogP contribution in [-0.2, 0) is 23.1 Å². The molecule has 0 spiro atoms. The highest BCUT2D eigenvalue weighted by Crippen LogP contribution is 2.52. The molecule has 140 valence electrons. The molecule has 0 aromatic rings. The third-order valence-corrected chi connectivity index (χ3v) is 4.84. The molecule has 0 bridgehead atoms. The van der Waals surface area contributed by atoms with Crippen LogP contribution in [0.15, 0.2) is 17.3 Å². The van der Waals surface area contributed by atoms with Crippen LogP contribution in [-0.4, -0.2) is 70.5 Å². The molecular weight excluding hydrogens is 361 g/mol. The van der Waals surface area contributed by atoms with Crippen LogP contribution in [0.2, 0.25) is 0 Å². The molecule has 0 saturated carbocycles. The van der Waals surface area contributed by atoms with Crippen LogP contribution in [0, 0.1) is 0 Å². The lowest BCUT2D eigenvalue weighted by molar-refractivity contribution is -0.326. The quantitative estimate of drug-likeness (QED) is 0.125. The molecule has 5 atom stereocenters. The van der Waals surface area contributed by atoms with E-state index in [1.165, 1.54) is 0 Å². The van der Waals surface area contributed by atoms with Crippen LogP contribution in [0.4, 0.5) is 0 Å². The molecule has 13 nitrogen and oxygen atoms in total. The van der Waals surface area contributed by atoms with Crippen molar-refractivity contribution < 1.29 is 38.3 Å². The summed E-state index contributed by atoms with van der Waals surface area (Å²) in [7, 11) is -4.46. The highest BCUT2D eigenvalue weighted by atomic mass is 31.2.